The highest BCUT2D eigenvalue weighted by Gasteiger charge is 2.22. The molecule has 0 spiro atoms. The summed E-state index contributed by atoms with van der Waals surface area (Å²) in [6, 6.07) is 5.15. The van der Waals surface area contributed by atoms with Crippen molar-refractivity contribution in [3.63, 3.8) is 0 Å². The summed E-state index contributed by atoms with van der Waals surface area (Å²) in [5.74, 6) is 0. The van der Waals surface area contributed by atoms with E-state index < -0.39 is 10.0 Å². The van der Waals surface area contributed by atoms with E-state index >= 15 is 0 Å². The van der Waals surface area contributed by atoms with Gasteiger partial charge in [-0.3, -0.25) is 4.72 Å². The Morgan fingerprint density at radius 2 is 2.11 bits per heavy atom. The Morgan fingerprint density at radius 3 is 2.63 bits per heavy atom. The first-order chi connectivity index (χ1) is 8.81. The molecule has 0 aliphatic carbocycles. The molecule has 1 N–H and O–H groups in total. The monoisotopic (exact) mass is 363 g/mol. The first-order valence-corrected chi connectivity index (χ1v) is 7.92. The summed E-state index contributed by atoms with van der Waals surface area (Å²) in [7, 11) is -2.16. The number of rotatable bonds is 3. The van der Waals surface area contributed by atoms with E-state index in [1.54, 1.807) is 25.2 Å². The first-order valence-electron chi connectivity index (χ1n) is 5.27. The standard InChI is InChI=1S/C11H11BrClN3O2S/c1-7-5-8(3-4-9(7)12)15-19(17,18)11-10(13)16(2)6-14-11/h3-6,15H,1-2H3. The molecule has 2 rings (SSSR count). The summed E-state index contributed by atoms with van der Waals surface area (Å²) in [4.78, 5) is 3.79. The fraction of sp³-hybridized carbons (Fsp3) is 0.182. The molecule has 5 nitrogen and oxygen atoms in total. The Labute approximate surface area is 124 Å². The van der Waals surface area contributed by atoms with Crippen LogP contribution in [0.3, 0.4) is 0 Å². The molecule has 0 saturated carbocycles. The number of halogens is 2. The Morgan fingerprint density at radius 1 is 1.42 bits per heavy atom. The Hall–Kier alpha value is -1.05. The van der Waals surface area contributed by atoms with Gasteiger partial charge in [-0.1, -0.05) is 27.5 Å². The minimum atomic E-state index is -3.78. The predicted molar refractivity (Wildman–Crippen MR) is 77.9 cm³/mol. The highest BCUT2D eigenvalue weighted by molar-refractivity contribution is 9.10. The van der Waals surface area contributed by atoms with Gasteiger partial charge in [-0.25, -0.2) is 4.98 Å². The second kappa shape index (κ2) is 5.15. The molecule has 0 bridgehead atoms. The van der Waals surface area contributed by atoms with Crippen LogP contribution in [-0.4, -0.2) is 18.0 Å². The number of nitrogens with one attached hydrogen (secondary N) is 1. The number of anilines is 1. The van der Waals surface area contributed by atoms with Crippen molar-refractivity contribution in [3.05, 3.63) is 39.7 Å². The molecule has 1 aromatic carbocycles. The van der Waals surface area contributed by atoms with Gasteiger partial charge in [-0.2, -0.15) is 8.42 Å². The van der Waals surface area contributed by atoms with E-state index in [2.05, 4.69) is 25.6 Å². The highest BCUT2D eigenvalue weighted by atomic mass is 79.9. The normalized spacial score (nSPS) is 11.6. The molecule has 1 heterocycles. The van der Waals surface area contributed by atoms with E-state index in [1.807, 2.05) is 6.92 Å². The number of benzene rings is 1. The molecular formula is C11H11BrClN3O2S. The lowest BCUT2D eigenvalue weighted by Gasteiger charge is -2.08. The van der Waals surface area contributed by atoms with Crippen molar-refractivity contribution < 1.29 is 8.42 Å². The Bertz CT molecular complexity index is 728. The summed E-state index contributed by atoms with van der Waals surface area (Å²) in [5, 5.41) is -0.112. The van der Waals surface area contributed by atoms with Crippen LogP contribution < -0.4 is 4.72 Å². The molecule has 102 valence electrons. The predicted octanol–water partition coefficient (Wildman–Crippen LogP) is 2.95. The van der Waals surface area contributed by atoms with Crippen LogP contribution in [-0.2, 0) is 17.1 Å². The number of hydrogen-bond acceptors (Lipinski definition) is 3. The van der Waals surface area contributed by atoms with Crippen molar-refractivity contribution in [1.29, 1.82) is 0 Å². The number of hydrogen-bond donors (Lipinski definition) is 1. The van der Waals surface area contributed by atoms with Crippen LogP contribution in [0.1, 0.15) is 5.56 Å². The maximum absolute atomic E-state index is 12.1. The summed E-state index contributed by atoms with van der Waals surface area (Å²) >= 11 is 9.24. The van der Waals surface area contributed by atoms with Gasteiger partial charge in [0.05, 0.1) is 6.33 Å². The summed E-state index contributed by atoms with van der Waals surface area (Å²) in [6.07, 6.45) is 1.35. The topological polar surface area (TPSA) is 64.0 Å². The molecule has 0 radical (unpaired) electrons. The third-order valence-corrected chi connectivity index (χ3v) is 5.26. The zero-order valence-corrected chi connectivity index (χ0v) is 13.3. The Kier molecular flexibility index (Phi) is 3.89. The molecule has 0 unspecified atom stereocenters. The van der Waals surface area contributed by atoms with Crippen molar-refractivity contribution in [1.82, 2.24) is 9.55 Å². The molecule has 1 aromatic heterocycles. The zero-order valence-electron chi connectivity index (χ0n) is 10.2. The fourth-order valence-corrected chi connectivity index (χ4v) is 3.22. The zero-order chi connectivity index (χ0) is 14.2. The second-order valence-electron chi connectivity index (χ2n) is 4.02. The summed E-state index contributed by atoms with van der Waals surface area (Å²) in [6.45, 7) is 1.87. The lowest BCUT2D eigenvalue weighted by molar-refractivity contribution is 0.598. The molecule has 8 heteroatoms. The number of aromatic nitrogens is 2. The quantitative estimate of drug-likeness (QED) is 0.910. The van der Waals surface area contributed by atoms with Gasteiger partial charge in [-0.15, -0.1) is 0 Å². The number of aryl methyl sites for hydroxylation is 2. The van der Waals surface area contributed by atoms with Crippen LogP contribution in [0.4, 0.5) is 5.69 Å². The van der Waals surface area contributed by atoms with Gasteiger partial charge >= 0.3 is 0 Å². The minimum absolute atomic E-state index is 0.0707. The largest absolute Gasteiger partial charge is 0.324 e. The van der Waals surface area contributed by atoms with Gasteiger partial charge in [-0.05, 0) is 30.7 Å². The third-order valence-electron chi connectivity index (χ3n) is 2.50. The van der Waals surface area contributed by atoms with Crippen molar-refractivity contribution in [3.8, 4) is 0 Å². The molecule has 0 saturated heterocycles. The van der Waals surface area contributed by atoms with Crippen molar-refractivity contribution in [2.75, 3.05) is 4.72 Å². The van der Waals surface area contributed by atoms with Gasteiger partial charge in [0.1, 0.15) is 5.15 Å². The average Bonchev–Trinajstić information content (AvgIpc) is 2.65. The smallest absolute Gasteiger partial charge is 0.282 e. The van der Waals surface area contributed by atoms with Crippen LogP contribution >= 0.6 is 27.5 Å². The molecule has 2 aromatic rings. The van der Waals surface area contributed by atoms with E-state index in [-0.39, 0.29) is 10.2 Å². The molecular weight excluding hydrogens is 354 g/mol. The van der Waals surface area contributed by atoms with E-state index in [9.17, 15) is 8.42 Å². The van der Waals surface area contributed by atoms with Gasteiger partial charge < -0.3 is 4.57 Å². The van der Waals surface area contributed by atoms with Crippen LogP contribution in [0, 0.1) is 6.92 Å². The van der Waals surface area contributed by atoms with E-state index in [1.165, 1.54) is 10.9 Å². The SMILES string of the molecule is Cc1cc(NS(=O)(=O)c2ncn(C)c2Cl)ccc1Br. The lowest BCUT2D eigenvalue weighted by atomic mass is 10.2. The fourth-order valence-electron chi connectivity index (χ4n) is 1.49. The van der Waals surface area contributed by atoms with Crippen LogP contribution in [0.5, 0.6) is 0 Å². The van der Waals surface area contributed by atoms with E-state index in [0.29, 0.717) is 5.69 Å². The maximum atomic E-state index is 12.1. The van der Waals surface area contributed by atoms with E-state index in [4.69, 9.17) is 11.6 Å². The van der Waals surface area contributed by atoms with Crippen LogP contribution in [0.15, 0.2) is 34.0 Å². The second-order valence-corrected chi connectivity index (χ2v) is 6.83. The molecule has 0 atom stereocenters. The molecule has 0 aliphatic rings. The van der Waals surface area contributed by atoms with Crippen molar-refractivity contribution in [2.24, 2.45) is 7.05 Å². The van der Waals surface area contributed by atoms with E-state index in [0.717, 1.165) is 10.0 Å². The van der Waals surface area contributed by atoms with Crippen LogP contribution in [0.25, 0.3) is 0 Å². The van der Waals surface area contributed by atoms with Gasteiger partial charge in [0, 0.05) is 17.2 Å². The minimum Gasteiger partial charge on any atom is -0.324 e. The van der Waals surface area contributed by atoms with Crippen molar-refractivity contribution >= 4 is 43.2 Å². The Balaban J connectivity index is 2.36. The molecule has 0 amide bonds. The summed E-state index contributed by atoms with van der Waals surface area (Å²) < 4.78 is 29.1. The maximum Gasteiger partial charge on any atom is 0.282 e. The summed E-state index contributed by atoms with van der Waals surface area (Å²) in [5.41, 5.74) is 1.38. The van der Waals surface area contributed by atoms with Crippen LogP contribution in [0.2, 0.25) is 5.15 Å². The molecule has 19 heavy (non-hydrogen) atoms. The van der Waals surface area contributed by atoms with Gasteiger partial charge in [0.25, 0.3) is 10.0 Å². The molecule has 0 aliphatic heterocycles. The number of sulfonamides is 1. The lowest BCUT2D eigenvalue weighted by Crippen LogP contribution is -2.14. The molecule has 0 fully saturated rings. The van der Waals surface area contributed by atoms with Crippen molar-refractivity contribution in [2.45, 2.75) is 11.9 Å². The number of imidazole rings is 1. The third kappa shape index (κ3) is 2.93. The first kappa shape index (κ1) is 14.4. The average molecular weight is 365 g/mol. The van der Waals surface area contributed by atoms with Gasteiger partial charge in [0.2, 0.25) is 5.03 Å². The highest BCUT2D eigenvalue weighted by Crippen LogP contribution is 2.24. The van der Waals surface area contributed by atoms with Gasteiger partial charge in [0.15, 0.2) is 0 Å². The number of nitrogens with zero attached hydrogens (tertiary/aromatic N) is 2.